The minimum atomic E-state index is -0.584. The molecule has 5 heteroatoms. The van der Waals surface area contributed by atoms with Crippen LogP contribution in [0, 0.1) is 11.8 Å². The third-order valence-corrected chi connectivity index (χ3v) is 3.09. The van der Waals surface area contributed by atoms with Crippen molar-refractivity contribution in [3.63, 3.8) is 0 Å². The number of ether oxygens (including phenoxy) is 1. The van der Waals surface area contributed by atoms with E-state index < -0.39 is 6.10 Å². The maximum absolute atomic E-state index is 12.1. The number of amides is 1. The summed E-state index contributed by atoms with van der Waals surface area (Å²) in [7, 11) is 0. The van der Waals surface area contributed by atoms with Crippen molar-refractivity contribution in [1.29, 1.82) is 0 Å². The Labute approximate surface area is 125 Å². The van der Waals surface area contributed by atoms with Crippen LogP contribution in [0.2, 0.25) is 5.02 Å². The van der Waals surface area contributed by atoms with Crippen molar-refractivity contribution in [2.45, 2.75) is 26.9 Å². The van der Waals surface area contributed by atoms with Crippen LogP contribution in [0.3, 0.4) is 0 Å². The maximum Gasteiger partial charge on any atom is 0.261 e. The van der Waals surface area contributed by atoms with Gasteiger partial charge in [-0.25, -0.2) is 0 Å². The SMILES string of the molecule is CC(CO)CNC(=O)C(Oc1cccc(Cl)c1)C(C)C. The Kier molecular flexibility index (Phi) is 6.82. The number of halogens is 1. The van der Waals surface area contributed by atoms with Crippen molar-refractivity contribution >= 4 is 17.5 Å². The van der Waals surface area contributed by atoms with Gasteiger partial charge < -0.3 is 15.2 Å². The van der Waals surface area contributed by atoms with Crippen LogP contribution in [0.15, 0.2) is 24.3 Å². The molecule has 1 rings (SSSR count). The Morgan fingerprint density at radius 2 is 2.10 bits per heavy atom. The van der Waals surface area contributed by atoms with E-state index in [0.717, 1.165) is 0 Å². The van der Waals surface area contributed by atoms with Crippen LogP contribution in [0.4, 0.5) is 0 Å². The molecule has 4 nitrogen and oxygen atoms in total. The molecule has 0 saturated heterocycles. The fourth-order valence-electron chi connectivity index (χ4n) is 1.62. The highest BCUT2D eigenvalue weighted by atomic mass is 35.5. The molecule has 2 atom stereocenters. The lowest BCUT2D eigenvalue weighted by atomic mass is 10.1. The Morgan fingerprint density at radius 3 is 2.65 bits per heavy atom. The second-order valence-corrected chi connectivity index (χ2v) is 5.71. The van der Waals surface area contributed by atoms with E-state index in [1.54, 1.807) is 24.3 Å². The fraction of sp³-hybridized carbons (Fsp3) is 0.533. The van der Waals surface area contributed by atoms with Gasteiger partial charge in [-0.2, -0.15) is 0 Å². The molecule has 0 bridgehead atoms. The van der Waals surface area contributed by atoms with E-state index in [1.165, 1.54) is 0 Å². The third kappa shape index (κ3) is 5.39. The highest BCUT2D eigenvalue weighted by molar-refractivity contribution is 6.30. The molecule has 112 valence electrons. The second kappa shape index (κ2) is 8.12. The molecule has 1 amide bonds. The Bertz CT molecular complexity index is 437. The van der Waals surface area contributed by atoms with Gasteiger partial charge in [-0.15, -0.1) is 0 Å². The van der Waals surface area contributed by atoms with Gasteiger partial charge in [-0.3, -0.25) is 4.79 Å². The predicted molar refractivity (Wildman–Crippen MR) is 80.0 cm³/mol. The van der Waals surface area contributed by atoms with Crippen molar-refractivity contribution in [3.8, 4) is 5.75 Å². The largest absolute Gasteiger partial charge is 0.480 e. The number of rotatable bonds is 7. The van der Waals surface area contributed by atoms with Crippen LogP contribution in [-0.2, 0) is 4.79 Å². The van der Waals surface area contributed by atoms with E-state index in [0.29, 0.717) is 17.3 Å². The van der Waals surface area contributed by atoms with Crippen LogP contribution in [0.1, 0.15) is 20.8 Å². The van der Waals surface area contributed by atoms with Gasteiger partial charge in [-0.1, -0.05) is 38.4 Å². The Balaban J connectivity index is 2.66. The van der Waals surface area contributed by atoms with Crippen LogP contribution < -0.4 is 10.1 Å². The molecule has 20 heavy (non-hydrogen) atoms. The minimum Gasteiger partial charge on any atom is -0.480 e. The normalized spacial score (nSPS) is 13.9. The summed E-state index contributed by atoms with van der Waals surface area (Å²) in [6, 6.07) is 6.98. The van der Waals surface area contributed by atoms with E-state index in [2.05, 4.69) is 5.32 Å². The molecule has 0 aliphatic heterocycles. The first-order valence-electron chi connectivity index (χ1n) is 6.74. The quantitative estimate of drug-likeness (QED) is 0.813. The zero-order valence-corrected chi connectivity index (χ0v) is 12.9. The molecule has 1 aromatic carbocycles. The van der Waals surface area contributed by atoms with Crippen LogP contribution in [0.25, 0.3) is 0 Å². The van der Waals surface area contributed by atoms with Crippen molar-refractivity contribution in [3.05, 3.63) is 29.3 Å². The number of hydrogen-bond acceptors (Lipinski definition) is 3. The summed E-state index contributed by atoms with van der Waals surface area (Å²) in [5.74, 6) is 0.443. The first-order valence-corrected chi connectivity index (χ1v) is 7.12. The van der Waals surface area contributed by atoms with Crippen LogP contribution >= 0.6 is 11.6 Å². The van der Waals surface area contributed by atoms with Gasteiger partial charge in [-0.05, 0) is 30.0 Å². The monoisotopic (exact) mass is 299 g/mol. The van der Waals surface area contributed by atoms with Gasteiger partial charge in [0.2, 0.25) is 0 Å². The molecule has 0 fully saturated rings. The summed E-state index contributed by atoms with van der Waals surface area (Å²) < 4.78 is 5.73. The smallest absolute Gasteiger partial charge is 0.261 e. The predicted octanol–water partition coefficient (Wildman–Crippen LogP) is 2.49. The van der Waals surface area contributed by atoms with Crippen molar-refractivity contribution in [1.82, 2.24) is 5.32 Å². The number of aliphatic hydroxyl groups is 1. The molecule has 1 aromatic rings. The molecule has 0 aliphatic carbocycles. The number of hydrogen-bond donors (Lipinski definition) is 2. The standard InChI is InChI=1S/C15H22ClNO3/c1-10(2)14(15(19)17-8-11(3)9-18)20-13-6-4-5-12(16)7-13/h4-7,10-11,14,18H,8-9H2,1-3H3,(H,17,19). The first-order chi connectivity index (χ1) is 9.43. The molecule has 2 unspecified atom stereocenters. The maximum atomic E-state index is 12.1. The summed E-state index contributed by atoms with van der Waals surface area (Å²) in [6.07, 6.45) is -0.584. The molecular formula is C15H22ClNO3. The van der Waals surface area contributed by atoms with Gasteiger partial charge in [0.1, 0.15) is 5.75 Å². The van der Waals surface area contributed by atoms with E-state index in [9.17, 15) is 4.79 Å². The van der Waals surface area contributed by atoms with Gasteiger partial charge >= 0.3 is 0 Å². The summed E-state index contributed by atoms with van der Waals surface area (Å²) in [5.41, 5.74) is 0. The van der Waals surface area contributed by atoms with E-state index >= 15 is 0 Å². The molecule has 0 spiro atoms. The number of nitrogens with one attached hydrogen (secondary N) is 1. The van der Waals surface area contributed by atoms with E-state index in [1.807, 2.05) is 20.8 Å². The zero-order chi connectivity index (χ0) is 15.1. The van der Waals surface area contributed by atoms with Crippen molar-refractivity contribution in [2.75, 3.05) is 13.2 Å². The summed E-state index contributed by atoms with van der Waals surface area (Å²) in [6.45, 7) is 6.18. The van der Waals surface area contributed by atoms with Gasteiger partial charge in [0, 0.05) is 18.2 Å². The lowest BCUT2D eigenvalue weighted by Crippen LogP contribution is -2.43. The average molecular weight is 300 g/mol. The van der Waals surface area contributed by atoms with Crippen LogP contribution in [0.5, 0.6) is 5.75 Å². The Morgan fingerprint density at radius 1 is 1.40 bits per heavy atom. The molecule has 2 N–H and O–H groups in total. The second-order valence-electron chi connectivity index (χ2n) is 5.27. The van der Waals surface area contributed by atoms with Crippen LogP contribution in [-0.4, -0.2) is 30.3 Å². The van der Waals surface area contributed by atoms with Gasteiger partial charge in [0.05, 0.1) is 0 Å². The third-order valence-electron chi connectivity index (χ3n) is 2.86. The number of carbonyl (C=O) groups is 1. The van der Waals surface area contributed by atoms with E-state index in [4.69, 9.17) is 21.4 Å². The van der Waals surface area contributed by atoms with Crippen molar-refractivity contribution in [2.24, 2.45) is 11.8 Å². The highest BCUT2D eigenvalue weighted by Gasteiger charge is 2.24. The minimum absolute atomic E-state index is 0.0259. The lowest BCUT2D eigenvalue weighted by molar-refractivity contribution is -0.130. The molecular weight excluding hydrogens is 278 g/mol. The summed E-state index contributed by atoms with van der Waals surface area (Å²) in [5, 5.41) is 12.3. The fourth-order valence-corrected chi connectivity index (χ4v) is 1.80. The Hall–Kier alpha value is -1.26. The number of aliphatic hydroxyl groups excluding tert-OH is 1. The summed E-state index contributed by atoms with van der Waals surface area (Å²) in [4.78, 5) is 12.1. The summed E-state index contributed by atoms with van der Waals surface area (Å²) >= 11 is 5.90. The van der Waals surface area contributed by atoms with Crippen molar-refractivity contribution < 1.29 is 14.6 Å². The van der Waals surface area contributed by atoms with E-state index in [-0.39, 0.29) is 24.3 Å². The molecule has 0 heterocycles. The van der Waals surface area contributed by atoms with Gasteiger partial charge in [0.25, 0.3) is 5.91 Å². The highest BCUT2D eigenvalue weighted by Crippen LogP contribution is 2.20. The molecule has 0 aromatic heterocycles. The molecule has 0 radical (unpaired) electrons. The number of carbonyl (C=O) groups excluding carboxylic acids is 1. The lowest BCUT2D eigenvalue weighted by Gasteiger charge is -2.22. The first kappa shape index (κ1) is 16.8. The zero-order valence-electron chi connectivity index (χ0n) is 12.1. The topological polar surface area (TPSA) is 58.6 Å². The average Bonchev–Trinajstić information content (AvgIpc) is 2.41. The molecule has 0 saturated carbocycles. The van der Waals surface area contributed by atoms with Gasteiger partial charge in [0.15, 0.2) is 6.10 Å². The number of benzene rings is 1. The molecule has 0 aliphatic rings.